The average molecular weight is 102 g/mol. The van der Waals surface area contributed by atoms with Crippen molar-refractivity contribution in [3.8, 4) is 0 Å². The smallest absolute Gasteiger partial charge is 0.296 e. The highest BCUT2D eigenvalue weighted by atomic mass is 17.1. The Labute approximate surface area is 41.1 Å². The highest BCUT2D eigenvalue weighted by Gasteiger charge is 1.98. The average Bonchev–Trinajstić information content (AvgIpc) is 1.65. The minimum Gasteiger partial charge on any atom is -0.296 e. The molecule has 0 aliphatic heterocycles. The maximum absolute atomic E-state index is 9.94. The SMILES string of the molecule is C=C(C)C(=O)OO. The van der Waals surface area contributed by atoms with Crippen molar-refractivity contribution in [2.75, 3.05) is 0 Å². The number of hydrogen-bond donors (Lipinski definition) is 1. The van der Waals surface area contributed by atoms with Gasteiger partial charge in [-0.25, -0.2) is 4.79 Å². The van der Waals surface area contributed by atoms with Crippen molar-refractivity contribution in [2.45, 2.75) is 6.92 Å². The molecule has 0 aromatic rings. The quantitative estimate of drug-likeness (QED) is 0.299. The molecule has 0 bridgehead atoms. The van der Waals surface area contributed by atoms with E-state index in [0.29, 0.717) is 0 Å². The van der Waals surface area contributed by atoms with Gasteiger partial charge in [-0.1, -0.05) is 6.58 Å². The molecule has 0 atom stereocenters. The summed E-state index contributed by atoms with van der Waals surface area (Å²) >= 11 is 0. The topological polar surface area (TPSA) is 46.5 Å². The summed E-state index contributed by atoms with van der Waals surface area (Å²) in [5.41, 5.74) is 0.183. The lowest BCUT2D eigenvalue weighted by Crippen LogP contribution is -1.99. The Balaban J connectivity index is 3.58. The van der Waals surface area contributed by atoms with E-state index in [9.17, 15) is 4.79 Å². The van der Waals surface area contributed by atoms with E-state index in [1.165, 1.54) is 6.92 Å². The molecular weight excluding hydrogens is 96.0 g/mol. The maximum atomic E-state index is 9.94. The van der Waals surface area contributed by atoms with Crippen molar-refractivity contribution in [3.05, 3.63) is 12.2 Å². The molecule has 0 saturated carbocycles. The number of carbonyl (C=O) groups is 1. The molecule has 0 rings (SSSR count). The normalized spacial score (nSPS) is 7.71. The third kappa shape index (κ3) is 1.94. The summed E-state index contributed by atoms with van der Waals surface area (Å²) in [6.07, 6.45) is 0. The molecular formula is C4H6O3. The highest BCUT2D eigenvalue weighted by Crippen LogP contribution is 1.86. The second-order valence-electron chi connectivity index (χ2n) is 1.16. The van der Waals surface area contributed by atoms with Crippen LogP contribution in [0.25, 0.3) is 0 Å². The van der Waals surface area contributed by atoms with Crippen LogP contribution in [0.15, 0.2) is 12.2 Å². The van der Waals surface area contributed by atoms with Crippen molar-refractivity contribution in [1.82, 2.24) is 0 Å². The zero-order valence-electron chi connectivity index (χ0n) is 3.97. The van der Waals surface area contributed by atoms with Crippen LogP contribution in [0.4, 0.5) is 0 Å². The van der Waals surface area contributed by atoms with Gasteiger partial charge >= 0.3 is 5.97 Å². The van der Waals surface area contributed by atoms with Gasteiger partial charge in [0.25, 0.3) is 0 Å². The predicted octanol–water partition coefficient (Wildman–Crippen LogP) is 0.579. The largest absolute Gasteiger partial charge is 0.367 e. The van der Waals surface area contributed by atoms with E-state index in [4.69, 9.17) is 5.26 Å². The van der Waals surface area contributed by atoms with E-state index < -0.39 is 5.97 Å². The molecule has 0 unspecified atom stereocenters. The fraction of sp³-hybridized carbons (Fsp3) is 0.250. The molecule has 0 amide bonds. The molecule has 0 radical (unpaired) electrons. The summed E-state index contributed by atoms with van der Waals surface area (Å²) in [5, 5.41) is 7.59. The van der Waals surface area contributed by atoms with E-state index in [-0.39, 0.29) is 5.57 Å². The molecule has 0 aromatic heterocycles. The van der Waals surface area contributed by atoms with E-state index in [2.05, 4.69) is 11.5 Å². The van der Waals surface area contributed by atoms with Crippen LogP contribution in [0.1, 0.15) is 6.92 Å². The molecule has 0 spiro atoms. The van der Waals surface area contributed by atoms with Crippen LogP contribution in [-0.2, 0) is 9.68 Å². The van der Waals surface area contributed by atoms with Crippen molar-refractivity contribution in [1.29, 1.82) is 0 Å². The first-order chi connectivity index (χ1) is 3.18. The van der Waals surface area contributed by atoms with Crippen LogP contribution >= 0.6 is 0 Å². The van der Waals surface area contributed by atoms with Gasteiger partial charge in [0.1, 0.15) is 0 Å². The Bertz CT molecular complexity index is 95.1. The number of hydrogen-bond acceptors (Lipinski definition) is 3. The summed E-state index contributed by atoms with van der Waals surface area (Å²) in [4.78, 5) is 13.2. The summed E-state index contributed by atoms with van der Waals surface area (Å²) in [7, 11) is 0. The van der Waals surface area contributed by atoms with Crippen LogP contribution in [0.2, 0.25) is 0 Å². The lowest BCUT2D eigenvalue weighted by atomic mass is 10.4. The second kappa shape index (κ2) is 2.36. The molecule has 0 aliphatic rings. The van der Waals surface area contributed by atoms with Crippen molar-refractivity contribution < 1.29 is 14.9 Å². The van der Waals surface area contributed by atoms with Gasteiger partial charge in [-0.05, 0) is 6.92 Å². The van der Waals surface area contributed by atoms with Crippen LogP contribution in [0.3, 0.4) is 0 Å². The van der Waals surface area contributed by atoms with E-state index >= 15 is 0 Å². The lowest BCUT2D eigenvalue weighted by Gasteiger charge is -1.88. The molecule has 0 fully saturated rings. The maximum Gasteiger partial charge on any atom is 0.367 e. The molecule has 7 heavy (non-hydrogen) atoms. The van der Waals surface area contributed by atoms with Gasteiger partial charge in [-0.2, -0.15) is 5.26 Å². The van der Waals surface area contributed by atoms with E-state index in [1.807, 2.05) is 0 Å². The zero-order chi connectivity index (χ0) is 5.86. The van der Waals surface area contributed by atoms with Gasteiger partial charge in [0.05, 0.1) is 0 Å². The van der Waals surface area contributed by atoms with Crippen LogP contribution in [0, 0.1) is 0 Å². The summed E-state index contributed by atoms with van der Waals surface area (Å²) < 4.78 is 0. The lowest BCUT2D eigenvalue weighted by molar-refractivity contribution is -0.229. The summed E-state index contributed by atoms with van der Waals surface area (Å²) in [6, 6.07) is 0. The summed E-state index contributed by atoms with van der Waals surface area (Å²) in [5.74, 6) is -0.792. The number of carbonyl (C=O) groups excluding carboxylic acids is 1. The Hall–Kier alpha value is -0.830. The molecule has 0 aliphatic carbocycles. The Kier molecular flexibility index (Phi) is 2.08. The van der Waals surface area contributed by atoms with Crippen LogP contribution < -0.4 is 0 Å². The minimum atomic E-state index is -0.792. The Morgan fingerprint density at radius 3 is 2.29 bits per heavy atom. The molecule has 3 heteroatoms. The molecule has 0 heterocycles. The van der Waals surface area contributed by atoms with E-state index in [1.54, 1.807) is 0 Å². The molecule has 0 saturated heterocycles. The van der Waals surface area contributed by atoms with Gasteiger partial charge < -0.3 is 0 Å². The van der Waals surface area contributed by atoms with Gasteiger partial charge in [-0.15, -0.1) is 0 Å². The molecule has 1 N–H and O–H groups in total. The molecule has 40 valence electrons. The van der Waals surface area contributed by atoms with Gasteiger partial charge in [0.15, 0.2) is 0 Å². The first-order valence-corrected chi connectivity index (χ1v) is 1.69. The first kappa shape index (κ1) is 6.17. The van der Waals surface area contributed by atoms with Gasteiger partial charge in [0.2, 0.25) is 0 Å². The second-order valence-corrected chi connectivity index (χ2v) is 1.16. The van der Waals surface area contributed by atoms with E-state index in [0.717, 1.165) is 0 Å². The fourth-order valence-electron chi connectivity index (χ4n) is 0.0779. The first-order valence-electron chi connectivity index (χ1n) is 1.69. The molecule has 3 nitrogen and oxygen atoms in total. The zero-order valence-corrected chi connectivity index (χ0v) is 3.97. The predicted molar refractivity (Wildman–Crippen MR) is 23.5 cm³/mol. The van der Waals surface area contributed by atoms with Crippen LogP contribution in [0.5, 0.6) is 0 Å². The monoisotopic (exact) mass is 102 g/mol. The summed E-state index contributed by atoms with van der Waals surface area (Å²) in [6.45, 7) is 4.63. The standard InChI is InChI=1S/C4H6O3/c1-3(2)4(5)7-6/h6H,1H2,2H3. The third-order valence-corrected chi connectivity index (χ3v) is 0.431. The molecule has 0 aromatic carbocycles. The van der Waals surface area contributed by atoms with Crippen molar-refractivity contribution >= 4 is 5.97 Å². The Morgan fingerprint density at radius 2 is 2.29 bits per heavy atom. The fourth-order valence-corrected chi connectivity index (χ4v) is 0.0779. The Morgan fingerprint density at radius 1 is 1.86 bits per heavy atom. The van der Waals surface area contributed by atoms with Crippen molar-refractivity contribution in [2.24, 2.45) is 0 Å². The van der Waals surface area contributed by atoms with Crippen molar-refractivity contribution in [3.63, 3.8) is 0 Å². The van der Waals surface area contributed by atoms with Gasteiger partial charge in [0, 0.05) is 5.57 Å². The van der Waals surface area contributed by atoms with Crippen LogP contribution in [-0.4, -0.2) is 11.2 Å². The number of rotatable bonds is 1. The highest BCUT2D eigenvalue weighted by molar-refractivity contribution is 5.86. The third-order valence-electron chi connectivity index (χ3n) is 0.431. The van der Waals surface area contributed by atoms with Gasteiger partial charge in [-0.3, -0.25) is 4.89 Å². The minimum absolute atomic E-state index is 0.183.